The molecule has 0 atom stereocenters. The molecule has 1 aromatic heterocycles. The minimum absolute atomic E-state index is 0.192. The Hall–Kier alpha value is -2.50. The number of rotatable bonds is 2. The predicted molar refractivity (Wildman–Crippen MR) is 72.5 cm³/mol. The molecule has 1 aromatic carbocycles. The van der Waals surface area contributed by atoms with Crippen molar-refractivity contribution in [2.24, 2.45) is 0 Å². The van der Waals surface area contributed by atoms with Gasteiger partial charge in [0.25, 0.3) is 5.91 Å². The lowest BCUT2D eigenvalue weighted by molar-refractivity contribution is 0.0818. The Bertz CT molecular complexity index is 723. The monoisotopic (exact) mass is 275 g/mol. The van der Waals surface area contributed by atoms with Crippen LogP contribution in [0.5, 0.6) is 0 Å². The Morgan fingerprint density at radius 3 is 2.55 bits per heavy atom. The topological polar surface area (TPSA) is 55.2 Å². The van der Waals surface area contributed by atoms with Gasteiger partial charge in [-0.3, -0.25) is 9.59 Å². The number of halogens is 1. The van der Waals surface area contributed by atoms with Gasteiger partial charge in [0.2, 0.25) is 5.43 Å². The Kier molecular flexibility index (Phi) is 3.65. The molecule has 1 amide bonds. The van der Waals surface area contributed by atoms with E-state index >= 15 is 0 Å². The quantitative estimate of drug-likeness (QED) is 0.832. The maximum Gasteiger partial charge on any atom is 0.277 e. The third kappa shape index (κ3) is 2.45. The summed E-state index contributed by atoms with van der Waals surface area (Å²) in [7, 11) is 3.05. The summed E-state index contributed by atoms with van der Waals surface area (Å²) in [6, 6.07) is 7.32. The van der Waals surface area contributed by atoms with E-state index in [1.807, 2.05) is 0 Å². The number of carbonyl (C=O) groups is 1. The largest absolute Gasteiger partial charge is 0.343 e. The lowest BCUT2D eigenvalue weighted by Crippen LogP contribution is -2.31. The van der Waals surface area contributed by atoms with Crippen molar-refractivity contribution in [3.05, 3.63) is 57.8 Å². The standard InChI is InChI=1S/C14H14FN3O2/c1-9-8-12(19)13(14(20)17(2)3)16-18(9)11-7-5-4-6-10(11)15/h4-8H,1-3H3. The molecule has 2 rings (SSSR count). The van der Waals surface area contributed by atoms with Gasteiger partial charge in [0.05, 0.1) is 0 Å². The molecule has 0 unspecified atom stereocenters. The molecule has 0 aliphatic carbocycles. The number of hydrogen-bond donors (Lipinski definition) is 0. The van der Waals surface area contributed by atoms with Crippen molar-refractivity contribution in [2.75, 3.05) is 14.1 Å². The van der Waals surface area contributed by atoms with E-state index in [2.05, 4.69) is 5.10 Å². The zero-order valence-electron chi connectivity index (χ0n) is 11.4. The fourth-order valence-corrected chi connectivity index (χ4v) is 1.77. The average Bonchev–Trinajstić information content (AvgIpc) is 2.39. The number of nitrogens with zero attached hydrogens (tertiary/aromatic N) is 3. The number of carbonyl (C=O) groups excluding carboxylic acids is 1. The highest BCUT2D eigenvalue weighted by molar-refractivity contribution is 5.91. The van der Waals surface area contributed by atoms with Crippen LogP contribution in [-0.2, 0) is 0 Å². The Labute approximate surface area is 115 Å². The van der Waals surface area contributed by atoms with Crippen molar-refractivity contribution in [2.45, 2.75) is 6.92 Å². The second-order valence-corrected chi connectivity index (χ2v) is 4.56. The van der Waals surface area contributed by atoms with Crippen molar-refractivity contribution in [3.63, 3.8) is 0 Å². The van der Waals surface area contributed by atoms with Gasteiger partial charge in [-0.1, -0.05) is 12.1 Å². The fraction of sp³-hybridized carbons (Fsp3) is 0.214. The molecular formula is C14H14FN3O2. The van der Waals surface area contributed by atoms with Crippen molar-refractivity contribution >= 4 is 5.91 Å². The number of aromatic nitrogens is 2. The molecule has 0 aliphatic heterocycles. The van der Waals surface area contributed by atoms with Gasteiger partial charge in [0.15, 0.2) is 5.69 Å². The first-order chi connectivity index (χ1) is 9.41. The van der Waals surface area contributed by atoms with Crippen molar-refractivity contribution in [3.8, 4) is 5.69 Å². The van der Waals surface area contributed by atoms with Crippen LogP contribution in [0.1, 0.15) is 16.2 Å². The molecule has 0 fully saturated rings. The molecule has 2 aromatic rings. The Balaban J connectivity index is 2.67. The van der Waals surface area contributed by atoms with Gasteiger partial charge in [-0.2, -0.15) is 5.10 Å². The molecule has 0 radical (unpaired) electrons. The third-order valence-corrected chi connectivity index (χ3v) is 2.80. The Morgan fingerprint density at radius 2 is 1.95 bits per heavy atom. The van der Waals surface area contributed by atoms with Crippen LogP contribution in [0.15, 0.2) is 35.1 Å². The zero-order valence-corrected chi connectivity index (χ0v) is 11.4. The molecule has 0 aliphatic rings. The van der Waals surface area contributed by atoms with Gasteiger partial charge >= 0.3 is 0 Å². The third-order valence-electron chi connectivity index (χ3n) is 2.80. The minimum Gasteiger partial charge on any atom is -0.343 e. The molecule has 0 bridgehead atoms. The highest BCUT2D eigenvalue weighted by Crippen LogP contribution is 2.13. The maximum atomic E-state index is 13.8. The van der Waals surface area contributed by atoms with Crippen LogP contribution in [0.25, 0.3) is 5.69 Å². The van der Waals surface area contributed by atoms with Crippen LogP contribution in [0.2, 0.25) is 0 Å². The van der Waals surface area contributed by atoms with Crippen molar-refractivity contribution in [1.29, 1.82) is 0 Å². The summed E-state index contributed by atoms with van der Waals surface area (Å²) in [6.45, 7) is 1.63. The van der Waals surface area contributed by atoms with Crippen LogP contribution in [-0.4, -0.2) is 34.7 Å². The van der Waals surface area contributed by atoms with E-state index in [-0.39, 0.29) is 11.4 Å². The first-order valence-electron chi connectivity index (χ1n) is 5.99. The summed E-state index contributed by atoms with van der Waals surface area (Å²) in [5.74, 6) is -0.991. The number of para-hydroxylation sites is 1. The summed E-state index contributed by atoms with van der Waals surface area (Å²) in [5, 5.41) is 4.00. The van der Waals surface area contributed by atoms with Gasteiger partial charge in [0.1, 0.15) is 11.5 Å². The van der Waals surface area contributed by atoms with Gasteiger partial charge < -0.3 is 4.90 Å². The van der Waals surface area contributed by atoms with Gasteiger partial charge in [-0.15, -0.1) is 0 Å². The normalized spacial score (nSPS) is 10.4. The van der Waals surface area contributed by atoms with Crippen molar-refractivity contribution < 1.29 is 9.18 Å². The lowest BCUT2D eigenvalue weighted by atomic mass is 10.2. The molecular weight excluding hydrogens is 261 g/mol. The number of amides is 1. The number of hydrogen-bond acceptors (Lipinski definition) is 3. The Morgan fingerprint density at radius 1 is 1.30 bits per heavy atom. The van der Waals surface area contributed by atoms with Crippen LogP contribution in [0, 0.1) is 12.7 Å². The molecule has 5 nitrogen and oxygen atoms in total. The van der Waals surface area contributed by atoms with E-state index in [1.165, 1.54) is 41.9 Å². The van der Waals surface area contributed by atoms with Crippen LogP contribution >= 0.6 is 0 Å². The summed E-state index contributed by atoms with van der Waals surface area (Å²) in [4.78, 5) is 25.0. The molecule has 104 valence electrons. The predicted octanol–water partition coefficient (Wildman–Crippen LogP) is 1.38. The molecule has 0 spiro atoms. The second-order valence-electron chi connectivity index (χ2n) is 4.56. The van der Waals surface area contributed by atoms with Crippen LogP contribution in [0.3, 0.4) is 0 Å². The molecule has 0 saturated carbocycles. The first-order valence-corrected chi connectivity index (χ1v) is 5.99. The maximum absolute atomic E-state index is 13.8. The van der Waals surface area contributed by atoms with Gasteiger partial charge in [0, 0.05) is 25.9 Å². The second kappa shape index (κ2) is 5.24. The smallest absolute Gasteiger partial charge is 0.277 e. The molecule has 6 heteroatoms. The van der Waals surface area contributed by atoms with E-state index in [1.54, 1.807) is 19.1 Å². The molecule has 1 heterocycles. The molecule has 0 saturated heterocycles. The molecule has 20 heavy (non-hydrogen) atoms. The van der Waals surface area contributed by atoms with E-state index in [4.69, 9.17) is 0 Å². The first kappa shape index (κ1) is 13.9. The van der Waals surface area contributed by atoms with Crippen molar-refractivity contribution in [1.82, 2.24) is 14.7 Å². The fourth-order valence-electron chi connectivity index (χ4n) is 1.77. The molecule has 0 N–H and O–H groups in total. The van der Waals surface area contributed by atoms with Crippen LogP contribution in [0.4, 0.5) is 4.39 Å². The summed E-state index contributed by atoms with van der Waals surface area (Å²) >= 11 is 0. The van der Waals surface area contributed by atoms with Crippen LogP contribution < -0.4 is 5.43 Å². The lowest BCUT2D eigenvalue weighted by Gasteiger charge is -2.13. The zero-order chi connectivity index (χ0) is 14.9. The van der Waals surface area contributed by atoms with Gasteiger partial charge in [-0.25, -0.2) is 9.07 Å². The highest BCUT2D eigenvalue weighted by Gasteiger charge is 2.17. The van der Waals surface area contributed by atoms with E-state index in [0.29, 0.717) is 5.69 Å². The average molecular weight is 275 g/mol. The highest BCUT2D eigenvalue weighted by atomic mass is 19.1. The number of benzene rings is 1. The summed E-state index contributed by atoms with van der Waals surface area (Å²) in [5.41, 5.74) is -0.0640. The minimum atomic E-state index is -0.514. The van der Waals surface area contributed by atoms with E-state index in [0.717, 1.165) is 0 Å². The summed E-state index contributed by atoms with van der Waals surface area (Å²) in [6.07, 6.45) is 0. The van der Waals surface area contributed by atoms with E-state index < -0.39 is 17.2 Å². The number of aryl methyl sites for hydroxylation is 1. The summed E-state index contributed by atoms with van der Waals surface area (Å²) < 4.78 is 15.1. The van der Waals surface area contributed by atoms with E-state index in [9.17, 15) is 14.0 Å². The van der Waals surface area contributed by atoms with Gasteiger partial charge in [-0.05, 0) is 19.1 Å². The SMILES string of the molecule is Cc1cc(=O)c(C(=O)N(C)C)nn1-c1ccccc1F.